The zero-order valence-electron chi connectivity index (χ0n) is 14.9. The number of hydrogen-bond acceptors (Lipinski definition) is 2. The van der Waals surface area contributed by atoms with Crippen molar-refractivity contribution in [3.63, 3.8) is 0 Å². The molecule has 0 bridgehead atoms. The van der Waals surface area contributed by atoms with E-state index in [1.54, 1.807) is 0 Å². The van der Waals surface area contributed by atoms with Crippen molar-refractivity contribution >= 4 is 11.8 Å². The molecule has 0 aliphatic heterocycles. The van der Waals surface area contributed by atoms with E-state index < -0.39 is 0 Å². The molecule has 2 N–H and O–H groups in total. The average Bonchev–Trinajstić information content (AvgIpc) is 3.00. The lowest BCUT2D eigenvalue weighted by atomic mass is 9.97. The van der Waals surface area contributed by atoms with Crippen molar-refractivity contribution in [1.29, 1.82) is 0 Å². The number of rotatable bonds is 8. The van der Waals surface area contributed by atoms with E-state index in [0.717, 1.165) is 12.0 Å². The van der Waals surface area contributed by atoms with Crippen LogP contribution in [0.4, 0.5) is 0 Å². The first-order valence-corrected chi connectivity index (χ1v) is 9.25. The summed E-state index contributed by atoms with van der Waals surface area (Å²) in [4.78, 5) is 24.3. The van der Waals surface area contributed by atoms with Gasteiger partial charge in [-0.3, -0.25) is 9.59 Å². The first-order chi connectivity index (χ1) is 11.6. The van der Waals surface area contributed by atoms with Gasteiger partial charge in [0.15, 0.2) is 0 Å². The van der Waals surface area contributed by atoms with Crippen LogP contribution in [0.15, 0.2) is 24.3 Å². The molecule has 0 radical (unpaired) electrons. The molecule has 132 valence electrons. The second-order valence-corrected chi connectivity index (χ2v) is 6.83. The van der Waals surface area contributed by atoms with Crippen molar-refractivity contribution in [2.45, 2.75) is 64.8 Å². The number of aryl methyl sites for hydroxylation is 1. The van der Waals surface area contributed by atoms with Crippen LogP contribution in [0.1, 0.15) is 67.8 Å². The molecule has 0 spiro atoms. The molecule has 24 heavy (non-hydrogen) atoms. The molecule has 1 aromatic rings. The fourth-order valence-corrected chi connectivity index (χ4v) is 3.53. The van der Waals surface area contributed by atoms with Crippen molar-refractivity contribution < 1.29 is 9.59 Å². The van der Waals surface area contributed by atoms with Crippen molar-refractivity contribution in [2.75, 3.05) is 6.54 Å². The van der Waals surface area contributed by atoms with Gasteiger partial charge in [0.2, 0.25) is 5.91 Å². The smallest absolute Gasteiger partial charge is 0.251 e. The van der Waals surface area contributed by atoms with Crippen molar-refractivity contribution in [3.05, 3.63) is 35.4 Å². The largest absolute Gasteiger partial charge is 0.353 e. The number of carbonyl (C=O) groups is 2. The third kappa shape index (κ3) is 5.36. The Morgan fingerprint density at radius 2 is 2.00 bits per heavy atom. The predicted molar refractivity (Wildman–Crippen MR) is 96.9 cm³/mol. The zero-order valence-corrected chi connectivity index (χ0v) is 14.9. The molecule has 1 fully saturated rings. The highest BCUT2D eigenvalue weighted by Gasteiger charge is 2.27. The van der Waals surface area contributed by atoms with Gasteiger partial charge in [0, 0.05) is 24.6 Å². The van der Waals surface area contributed by atoms with E-state index in [9.17, 15) is 9.59 Å². The van der Waals surface area contributed by atoms with Crippen molar-refractivity contribution in [3.8, 4) is 0 Å². The Morgan fingerprint density at radius 1 is 1.21 bits per heavy atom. The summed E-state index contributed by atoms with van der Waals surface area (Å²) in [6.45, 7) is 4.50. The molecule has 1 saturated carbocycles. The van der Waals surface area contributed by atoms with Gasteiger partial charge in [-0.1, -0.05) is 44.4 Å². The molecule has 0 aromatic heterocycles. The molecule has 2 atom stereocenters. The molecule has 2 amide bonds. The highest BCUT2D eigenvalue weighted by atomic mass is 16.2. The summed E-state index contributed by atoms with van der Waals surface area (Å²) in [5.41, 5.74) is 1.62. The lowest BCUT2D eigenvalue weighted by Gasteiger charge is -2.21. The predicted octanol–water partition coefficient (Wildman–Crippen LogP) is 3.59. The van der Waals surface area contributed by atoms with Crippen molar-refractivity contribution in [2.24, 2.45) is 5.92 Å². The number of amides is 2. The Balaban J connectivity index is 1.71. The summed E-state index contributed by atoms with van der Waals surface area (Å²) in [6.07, 6.45) is 7.54. The van der Waals surface area contributed by atoms with E-state index in [0.29, 0.717) is 30.5 Å². The Hall–Kier alpha value is -1.84. The van der Waals surface area contributed by atoms with Gasteiger partial charge in [-0.25, -0.2) is 0 Å². The van der Waals surface area contributed by atoms with Gasteiger partial charge in [-0.2, -0.15) is 0 Å². The average molecular weight is 330 g/mol. The maximum Gasteiger partial charge on any atom is 0.251 e. The zero-order chi connectivity index (χ0) is 17.4. The fraction of sp³-hybridized carbons (Fsp3) is 0.600. The van der Waals surface area contributed by atoms with Gasteiger partial charge in [-0.05, 0) is 43.7 Å². The van der Waals surface area contributed by atoms with Crippen LogP contribution in [-0.2, 0) is 4.79 Å². The van der Waals surface area contributed by atoms with Gasteiger partial charge < -0.3 is 10.6 Å². The fourth-order valence-electron chi connectivity index (χ4n) is 3.53. The number of benzene rings is 1. The Bertz CT molecular complexity index is 556. The van der Waals surface area contributed by atoms with E-state index in [2.05, 4.69) is 17.6 Å². The SMILES string of the molecule is CCCCC1CCCC1NC(=O)CCNC(=O)c1ccccc1C. The van der Waals surface area contributed by atoms with Gasteiger partial charge in [-0.15, -0.1) is 0 Å². The summed E-state index contributed by atoms with van der Waals surface area (Å²) >= 11 is 0. The number of unbranched alkanes of at least 4 members (excludes halogenated alkanes) is 1. The standard InChI is InChI=1S/C20H30N2O2/c1-3-4-9-16-10-7-12-18(16)22-19(23)13-14-21-20(24)17-11-6-5-8-15(17)2/h5-6,8,11,16,18H,3-4,7,9-10,12-14H2,1-2H3,(H,21,24)(H,22,23). The molecule has 1 aromatic carbocycles. The minimum Gasteiger partial charge on any atom is -0.353 e. The second kappa shape index (κ2) is 9.45. The highest BCUT2D eigenvalue weighted by Crippen LogP contribution is 2.29. The molecule has 4 nitrogen and oxygen atoms in total. The number of hydrogen-bond donors (Lipinski definition) is 2. The third-order valence-electron chi connectivity index (χ3n) is 4.96. The van der Waals surface area contributed by atoms with Crippen LogP contribution >= 0.6 is 0 Å². The van der Waals surface area contributed by atoms with E-state index in [1.807, 2.05) is 31.2 Å². The van der Waals surface area contributed by atoms with Gasteiger partial charge in [0.05, 0.1) is 0 Å². The summed E-state index contributed by atoms with van der Waals surface area (Å²) in [5.74, 6) is 0.575. The molecule has 1 aliphatic rings. The quantitative estimate of drug-likeness (QED) is 0.765. The first kappa shape index (κ1) is 18.5. The number of nitrogens with one attached hydrogen (secondary N) is 2. The summed E-state index contributed by atoms with van der Waals surface area (Å²) < 4.78 is 0. The molecule has 4 heteroatoms. The topological polar surface area (TPSA) is 58.2 Å². The van der Waals surface area contributed by atoms with Crippen LogP contribution in [-0.4, -0.2) is 24.4 Å². The molecule has 1 aliphatic carbocycles. The molecule has 2 unspecified atom stereocenters. The van der Waals surface area contributed by atoms with E-state index >= 15 is 0 Å². The van der Waals surface area contributed by atoms with E-state index in [-0.39, 0.29) is 11.8 Å². The third-order valence-corrected chi connectivity index (χ3v) is 4.96. The normalized spacial score (nSPS) is 19.9. The lowest BCUT2D eigenvalue weighted by molar-refractivity contribution is -0.121. The van der Waals surface area contributed by atoms with Crippen molar-refractivity contribution in [1.82, 2.24) is 10.6 Å². The lowest BCUT2D eigenvalue weighted by Crippen LogP contribution is -2.39. The molecule has 0 saturated heterocycles. The monoisotopic (exact) mass is 330 g/mol. The maximum atomic E-state index is 12.1. The van der Waals surface area contributed by atoms with Crippen LogP contribution in [0.2, 0.25) is 0 Å². The maximum absolute atomic E-state index is 12.1. The molecule has 0 heterocycles. The summed E-state index contributed by atoms with van der Waals surface area (Å²) in [7, 11) is 0. The minimum atomic E-state index is -0.109. The Kier molecular flexibility index (Phi) is 7.29. The van der Waals surface area contributed by atoms with Gasteiger partial charge >= 0.3 is 0 Å². The first-order valence-electron chi connectivity index (χ1n) is 9.25. The van der Waals surface area contributed by atoms with Crippen LogP contribution in [0.5, 0.6) is 0 Å². The van der Waals surface area contributed by atoms with E-state index in [4.69, 9.17) is 0 Å². The highest BCUT2D eigenvalue weighted by molar-refractivity contribution is 5.95. The summed E-state index contributed by atoms with van der Waals surface area (Å²) in [5, 5.41) is 6.01. The van der Waals surface area contributed by atoms with Crippen LogP contribution < -0.4 is 10.6 Å². The molecule has 2 rings (SSSR count). The summed E-state index contributed by atoms with van der Waals surface area (Å²) in [6, 6.07) is 7.82. The van der Waals surface area contributed by atoms with Gasteiger partial charge in [0.25, 0.3) is 5.91 Å². The van der Waals surface area contributed by atoms with Crippen LogP contribution in [0, 0.1) is 12.8 Å². The minimum absolute atomic E-state index is 0.0495. The van der Waals surface area contributed by atoms with Gasteiger partial charge in [0.1, 0.15) is 0 Å². The molecular weight excluding hydrogens is 300 g/mol. The molecular formula is C20H30N2O2. The Labute approximate surface area is 145 Å². The van der Waals surface area contributed by atoms with E-state index in [1.165, 1.54) is 32.1 Å². The van der Waals surface area contributed by atoms with Crippen LogP contribution in [0.25, 0.3) is 0 Å². The number of carbonyl (C=O) groups excluding carboxylic acids is 2. The Morgan fingerprint density at radius 3 is 2.75 bits per heavy atom. The second-order valence-electron chi connectivity index (χ2n) is 6.83. The van der Waals surface area contributed by atoms with Crippen LogP contribution in [0.3, 0.4) is 0 Å².